The van der Waals surface area contributed by atoms with Crippen molar-refractivity contribution in [2.45, 2.75) is 38.0 Å². The molecule has 3 atom stereocenters. The summed E-state index contributed by atoms with van der Waals surface area (Å²) in [6, 6.07) is 7.86. The Morgan fingerprint density at radius 1 is 1.36 bits per heavy atom. The normalized spacial score (nSPS) is 27.5. The molecule has 22 heavy (non-hydrogen) atoms. The number of amides is 1. The predicted octanol–water partition coefficient (Wildman–Crippen LogP) is 1.78. The van der Waals surface area contributed by atoms with Crippen LogP contribution in [0.4, 0.5) is 0 Å². The fourth-order valence-electron chi connectivity index (χ4n) is 3.39. The maximum absolute atomic E-state index is 12.5. The van der Waals surface area contributed by atoms with Crippen LogP contribution >= 0.6 is 0 Å². The van der Waals surface area contributed by atoms with Crippen LogP contribution in [0.1, 0.15) is 18.4 Å². The van der Waals surface area contributed by atoms with Gasteiger partial charge in [0.25, 0.3) is 5.91 Å². The van der Waals surface area contributed by atoms with E-state index in [4.69, 9.17) is 14.2 Å². The van der Waals surface area contributed by atoms with Gasteiger partial charge in [0.05, 0.1) is 12.1 Å². The van der Waals surface area contributed by atoms with E-state index in [9.17, 15) is 4.79 Å². The second-order valence-corrected chi connectivity index (χ2v) is 5.90. The van der Waals surface area contributed by atoms with Gasteiger partial charge < -0.3 is 19.1 Å². The highest BCUT2D eigenvalue weighted by Gasteiger charge is 2.44. The van der Waals surface area contributed by atoms with E-state index in [0.717, 1.165) is 24.2 Å². The molecule has 0 bridgehead atoms. The molecule has 2 saturated heterocycles. The van der Waals surface area contributed by atoms with Gasteiger partial charge in [-0.3, -0.25) is 4.79 Å². The molecule has 2 aliphatic heterocycles. The largest absolute Gasteiger partial charge is 0.484 e. The first-order valence-electron chi connectivity index (χ1n) is 7.83. The van der Waals surface area contributed by atoms with Crippen LogP contribution < -0.4 is 4.74 Å². The number of carbonyl (C=O) groups excluding carboxylic acids is 1. The zero-order chi connectivity index (χ0) is 15.5. The van der Waals surface area contributed by atoms with Crippen molar-refractivity contribution in [2.24, 2.45) is 0 Å². The third-order valence-corrected chi connectivity index (χ3v) is 4.59. The number of carbonyl (C=O) groups is 1. The number of methoxy groups -OCH3 is 1. The monoisotopic (exact) mass is 305 g/mol. The summed E-state index contributed by atoms with van der Waals surface area (Å²) in [7, 11) is 1.71. The summed E-state index contributed by atoms with van der Waals surface area (Å²) in [5, 5.41) is 0. The average molecular weight is 305 g/mol. The van der Waals surface area contributed by atoms with E-state index in [1.54, 1.807) is 7.11 Å². The van der Waals surface area contributed by atoms with E-state index in [0.29, 0.717) is 13.2 Å². The number of piperidine rings is 1. The van der Waals surface area contributed by atoms with Gasteiger partial charge >= 0.3 is 0 Å². The first-order chi connectivity index (χ1) is 10.7. The van der Waals surface area contributed by atoms with Crippen molar-refractivity contribution >= 4 is 5.91 Å². The number of benzene rings is 1. The summed E-state index contributed by atoms with van der Waals surface area (Å²) in [6.45, 7) is 3.45. The van der Waals surface area contributed by atoms with Gasteiger partial charge in [-0.05, 0) is 31.4 Å². The molecule has 1 aromatic rings. The number of rotatable bonds is 4. The van der Waals surface area contributed by atoms with Crippen LogP contribution in [0.5, 0.6) is 5.75 Å². The van der Waals surface area contributed by atoms with Gasteiger partial charge in [0.2, 0.25) is 0 Å². The summed E-state index contributed by atoms with van der Waals surface area (Å²) in [5.74, 6) is 0.792. The van der Waals surface area contributed by atoms with Crippen molar-refractivity contribution in [1.82, 2.24) is 4.90 Å². The highest BCUT2D eigenvalue weighted by atomic mass is 16.5. The number of fused-ring (bicyclic) bond motifs is 1. The zero-order valence-corrected chi connectivity index (χ0v) is 13.2. The number of nitrogens with zero attached hydrogens (tertiary/aromatic N) is 1. The Labute approximate surface area is 131 Å². The molecule has 0 aliphatic carbocycles. The van der Waals surface area contributed by atoms with Gasteiger partial charge in [-0.25, -0.2) is 0 Å². The smallest absolute Gasteiger partial charge is 0.260 e. The van der Waals surface area contributed by atoms with Crippen LogP contribution in [-0.2, 0) is 14.3 Å². The molecule has 0 spiro atoms. The minimum atomic E-state index is 0.00108. The first-order valence-corrected chi connectivity index (χ1v) is 7.83. The molecule has 3 rings (SSSR count). The van der Waals surface area contributed by atoms with E-state index < -0.39 is 0 Å². The molecule has 5 heteroatoms. The van der Waals surface area contributed by atoms with Crippen molar-refractivity contribution < 1.29 is 19.0 Å². The molecule has 1 aromatic carbocycles. The summed E-state index contributed by atoms with van der Waals surface area (Å²) in [6.07, 6.45) is 1.78. The molecule has 0 radical (unpaired) electrons. The van der Waals surface area contributed by atoms with E-state index in [1.165, 1.54) is 0 Å². The number of aryl methyl sites for hydroxylation is 1. The highest BCUT2D eigenvalue weighted by Crippen LogP contribution is 2.30. The number of para-hydroxylation sites is 1. The van der Waals surface area contributed by atoms with Gasteiger partial charge in [-0.2, -0.15) is 0 Å². The molecule has 2 fully saturated rings. The molecule has 1 amide bonds. The lowest BCUT2D eigenvalue weighted by atomic mass is 9.95. The Hall–Kier alpha value is -1.59. The summed E-state index contributed by atoms with van der Waals surface area (Å²) >= 11 is 0. The quantitative estimate of drug-likeness (QED) is 0.851. The van der Waals surface area contributed by atoms with Gasteiger partial charge in [-0.1, -0.05) is 18.2 Å². The van der Waals surface area contributed by atoms with Crippen LogP contribution in [0.3, 0.4) is 0 Å². The Morgan fingerprint density at radius 3 is 2.95 bits per heavy atom. The molecule has 0 N–H and O–H groups in total. The van der Waals surface area contributed by atoms with Gasteiger partial charge in [0.1, 0.15) is 11.9 Å². The van der Waals surface area contributed by atoms with Crippen molar-refractivity contribution in [2.75, 3.05) is 26.9 Å². The van der Waals surface area contributed by atoms with Crippen LogP contribution in [0.25, 0.3) is 0 Å². The lowest BCUT2D eigenvalue weighted by Gasteiger charge is -2.40. The van der Waals surface area contributed by atoms with E-state index in [1.807, 2.05) is 36.1 Å². The fraction of sp³-hybridized carbons (Fsp3) is 0.588. The third-order valence-electron chi connectivity index (χ3n) is 4.59. The van der Waals surface area contributed by atoms with Crippen LogP contribution in [-0.4, -0.2) is 55.9 Å². The van der Waals surface area contributed by atoms with Crippen molar-refractivity contribution in [3.8, 4) is 5.75 Å². The standard InChI is InChI=1S/C17H23NO4/c1-12-5-3-4-6-14(12)22-11-16(19)18-9-7-15(20-2)17-13(18)8-10-21-17/h3-6,13,15,17H,7-11H2,1-2H3/t13-,15+,17-/m0/s1. The predicted molar refractivity (Wildman–Crippen MR) is 81.9 cm³/mol. The van der Waals surface area contributed by atoms with Crippen molar-refractivity contribution in [3.05, 3.63) is 29.8 Å². The maximum atomic E-state index is 12.5. The number of hydrogen-bond donors (Lipinski definition) is 0. The molecule has 5 nitrogen and oxygen atoms in total. The second kappa shape index (κ2) is 6.67. The molecule has 0 saturated carbocycles. The third kappa shape index (κ3) is 2.96. The maximum Gasteiger partial charge on any atom is 0.260 e. The van der Waals surface area contributed by atoms with Gasteiger partial charge in [0, 0.05) is 20.3 Å². The molecule has 120 valence electrons. The number of hydrogen-bond acceptors (Lipinski definition) is 4. The minimum absolute atomic E-state index is 0.00108. The Kier molecular flexibility index (Phi) is 4.64. The van der Waals surface area contributed by atoms with Gasteiger partial charge in [0.15, 0.2) is 6.61 Å². The van der Waals surface area contributed by atoms with E-state index in [-0.39, 0.29) is 30.8 Å². The molecular formula is C17H23NO4. The number of likely N-dealkylation sites (tertiary alicyclic amines) is 1. The fourth-order valence-corrected chi connectivity index (χ4v) is 3.39. The van der Waals surface area contributed by atoms with Crippen molar-refractivity contribution in [1.29, 1.82) is 0 Å². The topological polar surface area (TPSA) is 48.0 Å². The summed E-state index contributed by atoms with van der Waals surface area (Å²) < 4.78 is 16.9. The molecular weight excluding hydrogens is 282 g/mol. The lowest BCUT2D eigenvalue weighted by molar-refractivity contribution is -0.145. The molecule has 0 aromatic heterocycles. The molecule has 0 unspecified atom stereocenters. The molecule has 2 heterocycles. The van der Waals surface area contributed by atoms with E-state index in [2.05, 4.69) is 0 Å². The Balaban J connectivity index is 1.62. The van der Waals surface area contributed by atoms with Crippen LogP contribution in [0.15, 0.2) is 24.3 Å². The first kappa shape index (κ1) is 15.3. The highest BCUT2D eigenvalue weighted by molar-refractivity contribution is 5.78. The zero-order valence-electron chi connectivity index (χ0n) is 13.2. The lowest BCUT2D eigenvalue weighted by Crippen LogP contribution is -2.56. The van der Waals surface area contributed by atoms with E-state index >= 15 is 0 Å². The molecule has 2 aliphatic rings. The number of ether oxygens (including phenoxy) is 3. The summed E-state index contributed by atoms with van der Waals surface area (Å²) in [5.41, 5.74) is 1.04. The SMILES string of the molecule is CO[C@@H]1CCN(C(=O)COc2ccccc2C)[C@H]2CCO[C@H]12. The van der Waals surface area contributed by atoms with Crippen LogP contribution in [0.2, 0.25) is 0 Å². The van der Waals surface area contributed by atoms with Gasteiger partial charge in [-0.15, -0.1) is 0 Å². The second-order valence-electron chi connectivity index (χ2n) is 5.90. The Bertz CT molecular complexity index is 533. The minimum Gasteiger partial charge on any atom is -0.484 e. The summed E-state index contributed by atoms with van der Waals surface area (Å²) in [4.78, 5) is 14.4. The van der Waals surface area contributed by atoms with Crippen LogP contribution in [0, 0.1) is 6.92 Å². The Morgan fingerprint density at radius 2 is 2.18 bits per heavy atom. The van der Waals surface area contributed by atoms with Crippen molar-refractivity contribution in [3.63, 3.8) is 0 Å². The average Bonchev–Trinajstić information content (AvgIpc) is 3.02.